The van der Waals surface area contributed by atoms with Crippen LogP contribution in [0.5, 0.6) is 0 Å². The Bertz CT molecular complexity index is 1540. The highest BCUT2D eigenvalue weighted by Crippen LogP contribution is 2.30. The van der Waals surface area contributed by atoms with E-state index < -0.39 is 0 Å². The van der Waals surface area contributed by atoms with Gasteiger partial charge in [0, 0.05) is 56.2 Å². The lowest BCUT2D eigenvalue weighted by Crippen LogP contribution is -2.41. The lowest BCUT2D eigenvalue weighted by atomic mass is 9.89. The average molecular weight is 577 g/mol. The fourth-order valence-electron chi connectivity index (χ4n) is 6.27. The third-order valence-corrected chi connectivity index (χ3v) is 8.67. The molecular weight excluding hydrogens is 536 g/mol. The van der Waals surface area contributed by atoms with Crippen molar-refractivity contribution in [3.05, 3.63) is 108 Å². The maximum atomic E-state index is 13.6. The molecule has 0 saturated carbocycles. The van der Waals surface area contributed by atoms with Gasteiger partial charge in [-0.1, -0.05) is 66.7 Å². The average Bonchev–Trinajstić information content (AvgIpc) is 3.06. The summed E-state index contributed by atoms with van der Waals surface area (Å²) >= 11 is 0. The van der Waals surface area contributed by atoms with E-state index in [1.54, 1.807) is 0 Å². The van der Waals surface area contributed by atoms with Crippen LogP contribution < -0.4 is 15.5 Å². The lowest BCUT2D eigenvalue weighted by Gasteiger charge is -2.35. The van der Waals surface area contributed by atoms with Crippen molar-refractivity contribution in [1.82, 2.24) is 10.2 Å². The summed E-state index contributed by atoms with van der Waals surface area (Å²) in [5.74, 6) is 0.324. The highest BCUT2D eigenvalue weighted by atomic mass is 16.5. The summed E-state index contributed by atoms with van der Waals surface area (Å²) in [6.07, 6.45) is 3.24. The van der Waals surface area contributed by atoms with Gasteiger partial charge >= 0.3 is 0 Å². The molecule has 2 heterocycles. The number of benzene rings is 4. The molecule has 0 unspecified atom stereocenters. The number of rotatable bonds is 9. The number of nitrogens with zero attached hydrogens (tertiary/aromatic N) is 2. The Balaban J connectivity index is 1.18. The fraction of sp³-hybridized carbons (Fsp3) is 0.333. The number of hydrogen-bond acceptors (Lipinski definition) is 5. The first kappa shape index (κ1) is 28.9. The molecule has 2 aliphatic rings. The molecule has 222 valence electrons. The predicted molar refractivity (Wildman–Crippen MR) is 173 cm³/mol. The molecule has 4 aromatic carbocycles. The first-order valence-electron chi connectivity index (χ1n) is 15.4. The zero-order valence-electron chi connectivity index (χ0n) is 24.6. The molecular formula is C36H40N4O3. The van der Waals surface area contributed by atoms with Crippen molar-refractivity contribution in [2.75, 3.05) is 62.7 Å². The second-order valence-corrected chi connectivity index (χ2v) is 11.5. The number of morpholine rings is 1. The largest absolute Gasteiger partial charge is 0.379 e. The van der Waals surface area contributed by atoms with Gasteiger partial charge < -0.3 is 20.3 Å². The molecule has 0 aliphatic carbocycles. The minimum absolute atomic E-state index is 0.115. The van der Waals surface area contributed by atoms with Crippen LogP contribution in [-0.2, 0) is 11.2 Å². The predicted octanol–water partition coefficient (Wildman–Crippen LogP) is 5.61. The zero-order chi connectivity index (χ0) is 29.4. The van der Waals surface area contributed by atoms with Gasteiger partial charge in [0.1, 0.15) is 0 Å². The summed E-state index contributed by atoms with van der Waals surface area (Å²) in [7, 11) is 0. The Hall–Kier alpha value is -4.20. The topological polar surface area (TPSA) is 73.9 Å². The molecule has 0 radical (unpaired) electrons. The van der Waals surface area contributed by atoms with Crippen LogP contribution >= 0.6 is 0 Å². The zero-order valence-corrected chi connectivity index (χ0v) is 24.6. The summed E-state index contributed by atoms with van der Waals surface area (Å²) in [4.78, 5) is 31.7. The van der Waals surface area contributed by atoms with Crippen LogP contribution in [0.25, 0.3) is 10.8 Å². The van der Waals surface area contributed by atoms with Crippen LogP contribution in [0.2, 0.25) is 0 Å². The molecule has 7 nitrogen and oxygen atoms in total. The molecule has 6 rings (SSSR count). The van der Waals surface area contributed by atoms with Gasteiger partial charge in [0.25, 0.3) is 11.8 Å². The molecule has 0 spiro atoms. The van der Waals surface area contributed by atoms with Gasteiger partial charge in [0.05, 0.1) is 18.8 Å². The quantitative estimate of drug-likeness (QED) is 0.271. The molecule has 0 bridgehead atoms. The Morgan fingerprint density at radius 1 is 0.767 bits per heavy atom. The maximum Gasteiger partial charge on any atom is 0.256 e. The van der Waals surface area contributed by atoms with Gasteiger partial charge in [0.2, 0.25) is 0 Å². The van der Waals surface area contributed by atoms with Gasteiger partial charge in [0.15, 0.2) is 0 Å². The number of anilines is 2. The van der Waals surface area contributed by atoms with Gasteiger partial charge in [-0.2, -0.15) is 0 Å². The summed E-state index contributed by atoms with van der Waals surface area (Å²) in [6.45, 7) is 6.37. The van der Waals surface area contributed by atoms with Crippen molar-refractivity contribution in [3.63, 3.8) is 0 Å². The molecule has 0 aromatic heterocycles. The molecule has 7 heteroatoms. The van der Waals surface area contributed by atoms with E-state index in [0.717, 1.165) is 81.7 Å². The first-order valence-corrected chi connectivity index (χ1v) is 15.4. The second-order valence-electron chi connectivity index (χ2n) is 11.5. The van der Waals surface area contributed by atoms with Crippen LogP contribution in [0.1, 0.15) is 39.1 Å². The molecule has 0 atom stereocenters. The Labute approximate surface area is 253 Å². The minimum Gasteiger partial charge on any atom is -0.379 e. The van der Waals surface area contributed by atoms with Gasteiger partial charge in [-0.15, -0.1) is 0 Å². The lowest BCUT2D eigenvalue weighted by molar-refractivity contribution is 0.0383. The molecule has 43 heavy (non-hydrogen) atoms. The third kappa shape index (κ3) is 7.24. The van der Waals surface area contributed by atoms with E-state index in [2.05, 4.69) is 50.8 Å². The normalized spacial score (nSPS) is 16.2. The van der Waals surface area contributed by atoms with Gasteiger partial charge in [-0.3, -0.25) is 14.5 Å². The minimum atomic E-state index is -0.190. The number of nitrogens with one attached hydrogen (secondary N) is 2. The van der Waals surface area contributed by atoms with Crippen molar-refractivity contribution in [1.29, 1.82) is 0 Å². The Kier molecular flexibility index (Phi) is 9.31. The van der Waals surface area contributed by atoms with Crippen LogP contribution in [0.4, 0.5) is 11.4 Å². The van der Waals surface area contributed by atoms with E-state index in [-0.39, 0.29) is 11.8 Å². The van der Waals surface area contributed by atoms with Gasteiger partial charge in [-0.05, 0) is 65.8 Å². The Morgan fingerprint density at radius 2 is 1.51 bits per heavy atom. The van der Waals surface area contributed by atoms with Gasteiger partial charge in [-0.25, -0.2) is 0 Å². The number of carbonyl (C=O) groups excluding carboxylic acids is 2. The van der Waals surface area contributed by atoms with E-state index in [0.29, 0.717) is 29.3 Å². The number of piperidine rings is 1. The number of carbonyl (C=O) groups is 2. The molecule has 2 fully saturated rings. The maximum absolute atomic E-state index is 13.6. The van der Waals surface area contributed by atoms with E-state index in [9.17, 15) is 9.59 Å². The van der Waals surface area contributed by atoms with E-state index in [1.165, 1.54) is 5.56 Å². The van der Waals surface area contributed by atoms with Crippen LogP contribution in [0, 0.1) is 5.92 Å². The number of fused-ring (bicyclic) bond motifs is 1. The summed E-state index contributed by atoms with van der Waals surface area (Å²) in [6, 6.07) is 30.0. The van der Waals surface area contributed by atoms with Crippen molar-refractivity contribution in [3.8, 4) is 0 Å². The number of amides is 2. The second kappa shape index (κ2) is 13.8. The Morgan fingerprint density at radius 3 is 2.33 bits per heavy atom. The summed E-state index contributed by atoms with van der Waals surface area (Å²) in [5, 5.41) is 8.12. The molecule has 2 amide bonds. The molecule has 4 aromatic rings. The fourth-order valence-corrected chi connectivity index (χ4v) is 6.27. The molecule has 2 aliphatic heterocycles. The van der Waals surface area contributed by atoms with Crippen LogP contribution in [0.15, 0.2) is 91.0 Å². The van der Waals surface area contributed by atoms with E-state index >= 15 is 0 Å². The third-order valence-electron chi connectivity index (χ3n) is 8.67. The highest BCUT2D eigenvalue weighted by molar-refractivity contribution is 6.13. The SMILES string of the molecule is O=C(NCCN1CCOCC1)c1cc(NC(=O)c2cccc3ccccc23)ccc1N1CCC(Cc2ccccc2)CC1. The molecule has 2 saturated heterocycles. The van der Waals surface area contributed by atoms with Crippen molar-refractivity contribution in [2.24, 2.45) is 5.92 Å². The van der Waals surface area contributed by atoms with Crippen molar-refractivity contribution in [2.45, 2.75) is 19.3 Å². The summed E-state index contributed by atoms with van der Waals surface area (Å²) in [5.41, 5.74) is 4.12. The summed E-state index contributed by atoms with van der Waals surface area (Å²) < 4.78 is 5.45. The van der Waals surface area contributed by atoms with Crippen LogP contribution in [0.3, 0.4) is 0 Å². The van der Waals surface area contributed by atoms with Crippen LogP contribution in [-0.4, -0.2) is 69.2 Å². The highest BCUT2D eigenvalue weighted by Gasteiger charge is 2.24. The standard InChI is InChI=1S/C36H40N4O3/c41-35(37-17-20-39-21-23-43-24-22-39)33-26-30(38-36(42)32-12-6-10-29-9-4-5-11-31(29)32)13-14-34(33)40-18-15-28(16-19-40)25-27-7-2-1-3-8-27/h1-14,26,28H,15-25H2,(H,37,41)(H,38,42). The van der Waals surface area contributed by atoms with E-state index in [1.807, 2.05) is 60.7 Å². The monoisotopic (exact) mass is 576 g/mol. The van der Waals surface area contributed by atoms with E-state index in [4.69, 9.17) is 4.74 Å². The van der Waals surface area contributed by atoms with Crippen molar-refractivity contribution >= 4 is 34.0 Å². The smallest absolute Gasteiger partial charge is 0.256 e. The first-order chi connectivity index (χ1) is 21.1. The number of ether oxygens (including phenoxy) is 1. The molecule has 2 N–H and O–H groups in total. The van der Waals surface area contributed by atoms with Crippen molar-refractivity contribution < 1.29 is 14.3 Å². The number of hydrogen-bond donors (Lipinski definition) is 2.